The molecule has 1 aliphatic carbocycles. The molecule has 2 bridgehead atoms. The molecular weight excluding hydrogens is 342 g/mol. The summed E-state index contributed by atoms with van der Waals surface area (Å²) in [4.78, 5) is 27.2. The SMILES string of the molecule is CCCNC(=O)N1C[C@@H]2[C@H](CNC(=O)C3(C)CCCCC3)[C@H]3CC[C@]2(C1)O3. The summed E-state index contributed by atoms with van der Waals surface area (Å²) in [5, 5.41) is 6.26. The third-order valence-corrected chi connectivity index (χ3v) is 7.60. The molecule has 6 nitrogen and oxygen atoms in total. The van der Waals surface area contributed by atoms with Gasteiger partial charge in [-0.15, -0.1) is 0 Å². The van der Waals surface area contributed by atoms with E-state index in [9.17, 15) is 9.59 Å². The maximum atomic E-state index is 12.8. The molecule has 0 aromatic carbocycles. The van der Waals surface area contributed by atoms with Crippen LogP contribution < -0.4 is 10.6 Å². The number of hydrogen-bond acceptors (Lipinski definition) is 3. The molecule has 2 N–H and O–H groups in total. The lowest BCUT2D eigenvalue weighted by molar-refractivity contribution is -0.132. The second kappa shape index (κ2) is 7.26. The molecule has 3 aliphatic heterocycles. The molecular formula is C21H35N3O3. The molecule has 1 saturated carbocycles. The number of carbonyl (C=O) groups is 2. The quantitative estimate of drug-likeness (QED) is 0.774. The van der Waals surface area contributed by atoms with E-state index in [1.165, 1.54) is 6.42 Å². The van der Waals surface area contributed by atoms with Gasteiger partial charge in [-0.25, -0.2) is 4.79 Å². The van der Waals surface area contributed by atoms with Crippen molar-refractivity contribution >= 4 is 11.9 Å². The zero-order valence-electron chi connectivity index (χ0n) is 16.9. The minimum atomic E-state index is -0.198. The van der Waals surface area contributed by atoms with E-state index in [4.69, 9.17) is 4.74 Å². The standard InChI is InChI=1S/C21H35N3O3/c1-3-11-22-19(26)24-13-16-15(17-7-10-21(16,14-24)27-17)12-23-18(25)20(2)8-5-4-6-9-20/h15-17H,3-14H2,1-2H3,(H,22,26)(H,23,25)/t15-,16+,17+,21+/m0/s1. The van der Waals surface area contributed by atoms with Crippen molar-refractivity contribution < 1.29 is 14.3 Å². The van der Waals surface area contributed by atoms with E-state index >= 15 is 0 Å². The first-order chi connectivity index (χ1) is 13.0. The summed E-state index contributed by atoms with van der Waals surface area (Å²) in [6.45, 7) is 7.05. The van der Waals surface area contributed by atoms with Crippen LogP contribution in [-0.4, -0.2) is 54.7 Å². The summed E-state index contributed by atoms with van der Waals surface area (Å²) in [5.41, 5.74) is -0.367. The second-order valence-electron chi connectivity index (χ2n) is 9.47. The Bertz CT molecular complexity index is 589. The van der Waals surface area contributed by atoms with Crippen LogP contribution >= 0.6 is 0 Å². The van der Waals surface area contributed by atoms with Crippen LogP contribution in [-0.2, 0) is 9.53 Å². The van der Waals surface area contributed by atoms with Gasteiger partial charge in [0.25, 0.3) is 0 Å². The average Bonchev–Trinajstić information content (AvgIpc) is 3.33. The van der Waals surface area contributed by atoms with Gasteiger partial charge in [-0.3, -0.25) is 4.79 Å². The Morgan fingerprint density at radius 1 is 1.15 bits per heavy atom. The number of nitrogens with one attached hydrogen (secondary N) is 2. The fraction of sp³-hybridized carbons (Fsp3) is 0.905. The fourth-order valence-corrected chi connectivity index (χ4v) is 5.95. The van der Waals surface area contributed by atoms with Crippen molar-refractivity contribution in [2.75, 3.05) is 26.2 Å². The van der Waals surface area contributed by atoms with Crippen molar-refractivity contribution in [1.82, 2.24) is 15.5 Å². The molecule has 152 valence electrons. The van der Waals surface area contributed by atoms with Crippen molar-refractivity contribution in [3.05, 3.63) is 0 Å². The predicted molar refractivity (Wildman–Crippen MR) is 103 cm³/mol. The van der Waals surface area contributed by atoms with Crippen LogP contribution in [0.5, 0.6) is 0 Å². The molecule has 27 heavy (non-hydrogen) atoms. The lowest BCUT2D eigenvalue weighted by Crippen LogP contribution is -2.46. The first-order valence-corrected chi connectivity index (χ1v) is 11.0. The minimum absolute atomic E-state index is 0.0326. The van der Waals surface area contributed by atoms with Gasteiger partial charge < -0.3 is 20.3 Å². The molecule has 3 heterocycles. The molecule has 4 rings (SSSR count). The largest absolute Gasteiger partial charge is 0.369 e. The van der Waals surface area contributed by atoms with Gasteiger partial charge in [0.15, 0.2) is 0 Å². The van der Waals surface area contributed by atoms with Gasteiger partial charge in [0, 0.05) is 36.9 Å². The Balaban J connectivity index is 1.37. The summed E-state index contributed by atoms with van der Waals surface area (Å²) < 4.78 is 6.41. The highest BCUT2D eigenvalue weighted by Gasteiger charge is 2.63. The molecule has 3 saturated heterocycles. The monoisotopic (exact) mass is 377 g/mol. The van der Waals surface area contributed by atoms with Crippen molar-refractivity contribution in [3.8, 4) is 0 Å². The van der Waals surface area contributed by atoms with Crippen LogP contribution in [0, 0.1) is 17.3 Å². The second-order valence-corrected chi connectivity index (χ2v) is 9.47. The number of amides is 3. The van der Waals surface area contributed by atoms with Crippen molar-refractivity contribution in [3.63, 3.8) is 0 Å². The first-order valence-electron chi connectivity index (χ1n) is 11.0. The van der Waals surface area contributed by atoms with E-state index in [-0.39, 0.29) is 29.1 Å². The van der Waals surface area contributed by atoms with Crippen LogP contribution in [0.3, 0.4) is 0 Å². The summed E-state index contributed by atoms with van der Waals surface area (Å²) >= 11 is 0. The van der Waals surface area contributed by atoms with Gasteiger partial charge in [-0.05, 0) is 32.1 Å². The first kappa shape index (κ1) is 19.0. The molecule has 0 unspecified atom stereocenters. The number of urea groups is 1. The zero-order chi connectivity index (χ0) is 19.1. The van der Waals surface area contributed by atoms with Crippen LogP contribution in [0.25, 0.3) is 0 Å². The Morgan fingerprint density at radius 2 is 1.93 bits per heavy atom. The van der Waals surface area contributed by atoms with Crippen LogP contribution in [0.1, 0.15) is 65.2 Å². The molecule has 1 spiro atoms. The van der Waals surface area contributed by atoms with E-state index in [1.54, 1.807) is 0 Å². The van der Waals surface area contributed by atoms with Gasteiger partial charge in [0.2, 0.25) is 5.91 Å². The average molecular weight is 378 g/mol. The predicted octanol–water partition coefficient (Wildman–Crippen LogP) is 2.67. The van der Waals surface area contributed by atoms with Gasteiger partial charge in [0.1, 0.15) is 0 Å². The smallest absolute Gasteiger partial charge is 0.317 e. The number of nitrogens with zero attached hydrogens (tertiary/aromatic N) is 1. The fourth-order valence-electron chi connectivity index (χ4n) is 5.95. The highest BCUT2D eigenvalue weighted by molar-refractivity contribution is 5.82. The molecule has 0 radical (unpaired) electrons. The van der Waals surface area contributed by atoms with Crippen molar-refractivity contribution in [2.45, 2.75) is 76.9 Å². The lowest BCUT2D eigenvalue weighted by Gasteiger charge is -2.34. The Kier molecular flexibility index (Phi) is 5.12. The number of likely N-dealkylation sites (tertiary alicyclic amines) is 1. The van der Waals surface area contributed by atoms with E-state index in [0.717, 1.165) is 51.5 Å². The van der Waals surface area contributed by atoms with Crippen molar-refractivity contribution in [2.24, 2.45) is 17.3 Å². The Labute approximate surface area is 162 Å². The van der Waals surface area contributed by atoms with E-state index in [2.05, 4.69) is 24.5 Å². The van der Waals surface area contributed by atoms with Gasteiger partial charge in [-0.1, -0.05) is 33.1 Å². The van der Waals surface area contributed by atoms with E-state index < -0.39 is 0 Å². The number of carbonyl (C=O) groups excluding carboxylic acids is 2. The topological polar surface area (TPSA) is 70.7 Å². The van der Waals surface area contributed by atoms with Gasteiger partial charge >= 0.3 is 6.03 Å². The third-order valence-electron chi connectivity index (χ3n) is 7.60. The van der Waals surface area contributed by atoms with E-state index in [0.29, 0.717) is 31.5 Å². The number of ether oxygens (including phenoxy) is 1. The van der Waals surface area contributed by atoms with Crippen LogP contribution in [0.15, 0.2) is 0 Å². The molecule has 0 aromatic rings. The maximum absolute atomic E-state index is 12.8. The van der Waals surface area contributed by atoms with Gasteiger partial charge in [0.05, 0.1) is 18.2 Å². The molecule has 4 aliphatic rings. The summed E-state index contributed by atoms with van der Waals surface area (Å²) in [7, 11) is 0. The summed E-state index contributed by atoms with van der Waals surface area (Å²) in [6.07, 6.45) is 8.86. The van der Waals surface area contributed by atoms with Gasteiger partial charge in [-0.2, -0.15) is 0 Å². The minimum Gasteiger partial charge on any atom is -0.369 e. The lowest BCUT2D eigenvalue weighted by atomic mass is 9.73. The highest BCUT2D eigenvalue weighted by atomic mass is 16.5. The number of fused-ring (bicyclic) bond motifs is 1. The third kappa shape index (κ3) is 3.34. The molecule has 6 heteroatoms. The molecule has 4 fully saturated rings. The Hall–Kier alpha value is -1.30. The number of hydrogen-bond donors (Lipinski definition) is 2. The van der Waals surface area contributed by atoms with Crippen molar-refractivity contribution in [1.29, 1.82) is 0 Å². The zero-order valence-corrected chi connectivity index (χ0v) is 16.9. The summed E-state index contributed by atoms with van der Waals surface area (Å²) in [5.74, 6) is 0.900. The summed E-state index contributed by atoms with van der Waals surface area (Å²) in [6, 6.07) is 0.0326. The van der Waals surface area contributed by atoms with Crippen LogP contribution in [0.2, 0.25) is 0 Å². The molecule has 4 atom stereocenters. The maximum Gasteiger partial charge on any atom is 0.317 e. The number of rotatable bonds is 5. The van der Waals surface area contributed by atoms with E-state index in [1.807, 2.05) is 4.90 Å². The molecule has 0 aromatic heterocycles. The normalized spacial score (nSPS) is 36.5. The molecule has 3 amide bonds. The highest BCUT2D eigenvalue weighted by Crippen LogP contribution is 2.54. The Morgan fingerprint density at radius 3 is 2.67 bits per heavy atom. The van der Waals surface area contributed by atoms with Crippen LogP contribution in [0.4, 0.5) is 4.79 Å².